The van der Waals surface area contributed by atoms with Crippen molar-refractivity contribution in [2.45, 2.75) is 18.9 Å². The van der Waals surface area contributed by atoms with Crippen molar-refractivity contribution in [3.63, 3.8) is 0 Å². The van der Waals surface area contributed by atoms with E-state index in [9.17, 15) is 0 Å². The van der Waals surface area contributed by atoms with Crippen LogP contribution in [0.25, 0.3) is 0 Å². The molecule has 6 nitrogen and oxygen atoms in total. The Labute approximate surface area is 107 Å². The maximum absolute atomic E-state index is 7.29. The van der Waals surface area contributed by atoms with Crippen molar-refractivity contribution in [2.75, 3.05) is 32.1 Å². The van der Waals surface area contributed by atoms with E-state index in [-0.39, 0.29) is 5.84 Å². The Morgan fingerprint density at radius 1 is 1.50 bits per heavy atom. The van der Waals surface area contributed by atoms with Crippen LogP contribution in [0.1, 0.15) is 18.5 Å². The summed E-state index contributed by atoms with van der Waals surface area (Å²) in [5.74, 6) is 0.786. The predicted molar refractivity (Wildman–Crippen MR) is 72.0 cm³/mol. The quantitative estimate of drug-likeness (QED) is 0.593. The van der Waals surface area contributed by atoms with Gasteiger partial charge in [0.2, 0.25) is 0 Å². The molecule has 1 saturated heterocycles. The number of aromatic nitrogens is 2. The molecule has 0 aliphatic carbocycles. The molecule has 0 radical (unpaired) electrons. The molecule has 98 valence electrons. The van der Waals surface area contributed by atoms with Crippen molar-refractivity contribution in [2.24, 2.45) is 5.73 Å². The number of amidine groups is 1. The average molecular weight is 248 g/mol. The van der Waals surface area contributed by atoms with Crippen molar-refractivity contribution >= 4 is 11.7 Å². The molecule has 1 atom stereocenters. The largest absolute Gasteiger partial charge is 0.382 e. The monoisotopic (exact) mass is 248 g/mol. The van der Waals surface area contributed by atoms with Gasteiger partial charge < -0.3 is 15.5 Å². The van der Waals surface area contributed by atoms with Gasteiger partial charge in [0, 0.05) is 19.6 Å². The van der Waals surface area contributed by atoms with Crippen LogP contribution in [0.2, 0.25) is 0 Å². The summed E-state index contributed by atoms with van der Waals surface area (Å²) in [7, 11) is 4.19. The standard InChI is InChI=1S/C12H20N6/c1-17-5-3-4-9(8-17)18(2)11-7-15-10(6-16-11)12(13)14/h6-7,9H,3-5,8H2,1-2H3,(H3,13,14). The Balaban J connectivity index is 2.08. The van der Waals surface area contributed by atoms with Crippen molar-refractivity contribution in [1.82, 2.24) is 14.9 Å². The number of piperidine rings is 1. The van der Waals surface area contributed by atoms with E-state index in [4.69, 9.17) is 11.1 Å². The number of nitrogen functional groups attached to an aromatic ring is 1. The minimum atomic E-state index is -0.0471. The number of likely N-dealkylation sites (N-methyl/N-ethyl adjacent to an activating group) is 2. The number of likely N-dealkylation sites (tertiary alicyclic amines) is 1. The fourth-order valence-corrected chi connectivity index (χ4v) is 2.28. The zero-order chi connectivity index (χ0) is 13.1. The van der Waals surface area contributed by atoms with Gasteiger partial charge in [-0.25, -0.2) is 9.97 Å². The smallest absolute Gasteiger partial charge is 0.147 e. The molecule has 1 aromatic heterocycles. The molecule has 3 N–H and O–H groups in total. The van der Waals surface area contributed by atoms with Crippen molar-refractivity contribution < 1.29 is 0 Å². The van der Waals surface area contributed by atoms with Crippen LogP contribution in [-0.4, -0.2) is 53.9 Å². The first kappa shape index (κ1) is 12.8. The molecule has 18 heavy (non-hydrogen) atoms. The highest BCUT2D eigenvalue weighted by molar-refractivity contribution is 5.92. The first-order valence-corrected chi connectivity index (χ1v) is 6.15. The summed E-state index contributed by atoms with van der Waals surface area (Å²) in [6.45, 7) is 2.21. The third-order valence-corrected chi connectivity index (χ3v) is 3.42. The molecule has 2 heterocycles. The molecular formula is C12H20N6. The van der Waals surface area contributed by atoms with E-state index in [1.807, 2.05) is 7.05 Å². The van der Waals surface area contributed by atoms with Gasteiger partial charge in [-0.15, -0.1) is 0 Å². The lowest BCUT2D eigenvalue weighted by molar-refractivity contribution is 0.247. The van der Waals surface area contributed by atoms with E-state index >= 15 is 0 Å². The minimum Gasteiger partial charge on any atom is -0.382 e. The summed E-state index contributed by atoms with van der Waals surface area (Å²) >= 11 is 0. The molecule has 1 fully saturated rings. The third kappa shape index (κ3) is 2.76. The lowest BCUT2D eigenvalue weighted by Gasteiger charge is -2.36. The number of anilines is 1. The van der Waals surface area contributed by atoms with E-state index in [0.717, 1.165) is 12.4 Å². The maximum Gasteiger partial charge on any atom is 0.147 e. The molecule has 1 aliphatic heterocycles. The molecule has 1 aromatic rings. The Kier molecular flexibility index (Phi) is 3.76. The van der Waals surface area contributed by atoms with Crippen molar-refractivity contribution in [1.29, 1.82) is 5.41 Å². The van der Waals surface area contributed by atoms with Crippen LogP contribution in [0.15, 0.2) is 12.4 Å². The van der Waals surface area contributed by atoms with Crippen LogP contribution in [-0.2, 0) is 0 Å². The van der Waals surface area contributed by atoms with Crippen molar-refractivity contribution in [3.8, 4) is 0 Å². The lowest BCUT2D eigenvalue weighted by Crippen LogP contribution is -2.45. The van der Waals surface area contributed by atoms with E-state index in [0.29, 0.717) is 11.7 Å². The molecule has 0 amide bonds. The van der Waals surface area contributed by atoms with E-state index in [1.54, 1.807) is 12.4 Å². The molecule has 0 aromatic carbocycles. The lowest BCUT2D eigenvalue weighted by atomic mass is 10.1. The van der Waals surface area contributed by atoms with Gasteiger partial charge in [0.15, 0.2) is 0 Å². The van der Waals surface area contributed by atoms with Gasteiger partial charge in [-0.1, -0.05) is 0 Å². The van der Waals surface area contributed by atoms with E-state index < -0.39 is 0 Å². The number of rotatable bonds is 3. The molecule has 1 aliphatic rings. The highest BCUT2D eigenvalue weighted by atomic mass is 15.2. The Morgan fingerprint density at radius 3 is 2.83 bits per heavy atom. The van der Waals surface area contributed by atoms with Gasteiger partial charge in [-0.3, -0.25) is 5.41 Å². The van der Waals surface area contributed by atoms with Gasteiger partial charge in [0.25, 0.3) is 0 Å². The zero-order valence-corrected chi connectivity index (χ0v) is 10.9. The molecule has 0 saturated carbocycles. The SMILES string of the molecule is CN1CCCC(N(C)c2cnc(C(=N)N)cn2)C1. The molecule has 0 bridgehead atoms. The van der Waals surface area contributed by atoms with Gasteiger partial charge in [-0.05, 0) is 26.4 Å². The van der Waals surface area contributed by atoms with Crippen LogP contribution in [0.3, 0.4) is 0 Å². The number of nitrogens with two attached hydrogens (primary N) is 1. The fourth-order valence-electron chi connectivity index (χ4n) is 2.28. The second-order valence-corrected chi connectivity index (χ2v) is 4.84. The van der Waals surface area contributed by atoms with Crippen molar-refractivity contribution in [3.05, 3.63) is 18.1 Å². The third-order valence-electron chi connectivity index (χ3n) is 3.42. The molecule has 2 rings (SSSR count). The normalized spacial score (nSPS) is 20.7. The summed E-state index contributed by atoms with van der Waals surface area (Å²) in [5.41, 5.74) is 5.79. The van der Waals surface area contributed by atoms with Crippen LogP contribution in [0, 0.1) is 5.41 Å². The summed E-state index contributed by atoms with van der Waals surface area (Å²) < 4.78 is 0. The number of hydrogen-bond acceptors (Lipinski definition) is 5. The van der Waals surface area contributed by atoms with Crippen LogP contribution >= 0.6 is 0 Å². The number of nitrogens with zero attached hydrogens (tertiary/aromatic N) is 4. The molecule has 0 spiro atoms. The minimum absolute atomic E-state index is 0.0471. The van der Waals surface area contributed by atoms with E-state index in [1.165, 1.54) is 19.4 Å². The Hall–Kier alpha value is -1.69. The van der Waals surface area contributed by atoms with Gasteiger partial charge in [0.05, 0.1) is 12.4 Å². The molecule has 1 unspecified atom stereocenters. The Morgan fingerprint density at radius 2 is 2.28 bits per heavy atom. The predicted octanol–water partition coefficient (Wildman–Crippen LogP) is 0.291. The highest BCUT2D eigenvalue weighted by Crippen LogP contribution is 2.18. The van der Waals surface area contributed by atoms with Gasteiger partial charge in [0.1, 0.15) is 17.3 Å². The first-order valence-electron chi connectivity index (χ1n) is 6.15. The fraction of sp³-hybridized carbons (Fsp3) is 0.583. The molecule has 6 heteroatoms. The van der Waals surface area contributed by atoms with Gasteiger partial charge in [-0.2, -0.15) is 0 Å². The molecular weight excluding hydrogens is 228 g/mol. The topological polar surface area (TPSA) is 82.1 Å². The van der Waals surface area contributed by atoms with Crippen LogP contribution in [0.5, 0.6) is 0 Å². The zero-order valence-electron chi connectivity index (χ0n) is 10.9. The highest BCUT2D eigenvalue weighted by Gasteiger charge is 2.22. The van der Waals surface area contributed by atoms with Crippen LogP contribution in [0.4, 0.5) is 5.82 Å². The summed E-state index contributed by atoms with van der Waals surface area (Å²) in [6, 6.07) is 0.473. The summed E-state index contributed by atoms with van der Waals surface area (Å²) in [5, 5.41) is 7.29. The Bertz CT molecular complexity index is 415. The van der Waals surface area contributed by atoms with E-state index in [2.05, 4.69) is 26.8 Å². The maximum atomic E-state index is 7.29. The second kappa shape index (κ2) is 5.30. The number of nitrogens with one attached hydrogen (secondary N) is 1. The second-order valence-electron chi connectivity index (χ2n) is 4.84. The first-order chi connectivity index (χ1) is 8.58. The summed E-state index contributed by atoms with van der Waals surface area (Å²) in [6.07, 6.45) is 5.63. The van der Waals surface area contributed by atoms with Crippen LogP contribution < -0.4 is 10.6 Å². The average Bonchev–Trinajstić information content (AvgIpc) is 2.38. The number of hydrogen-bond donors (Lipinski definition) is 2. The summed E-state index contributed by atoms with van der Waals surface area (Å²) in [4.78, 5) is 13.0. The van der Waals surface area contributed by atoms with Gasteiger partial charge >= 0.3 is 0 Å².